The summed E-state index contributed by atoms with van der Waals surface area (Å²) in [5.41, 5.74) is 2.21. The molecule has 1 heterocycles. The first kappa shape index (κ1) is 19.8. The van der Waals surface area contributed by atoms with E-state index in [0.717, 1.165) is 35.7 Å². The molecule has 3 rings (SSSR count). The molecular formula is C19H21ClN2O4. The second kappa shape index (κ2) is 9.22. The summed E-state index contributed by atoms with van der Waals surface area (Å²) in [6.45, 7) is 2.75. The lowest BCUT2D eigenvalue weighted by Crippen LogP contribution is -2.19. The molecular weight excluding hydrogens is 356 g/mol. The van der Waals surface area contributed by atoms with E-state index in [1.807, 2.05) is 37.4 Å². The van der Waals surface area contributed by atoms with Crippen LogP contribution in [-0.4, -0.2) is 36.6 Å². The number of ether oxygens (including phenoxy) is 2. The van der Waals surface area contributed by atoms with Gasteiger partial charge >= 0.3 is 0 Å². The van der Waals surface area contributed by atoms with E-state index in [0.29, 0.717) is 13.2 Å². The first-order valence-electron chi connectivity index (χ1n) is 8.10. The van der Waals surface area contributed by atoms with E-state index in [1.54, 1.807) is 12.1 Å². The van der Waals surface area contributed by atoms with Gasteiger partial charge < -0.3 is 9.47 Å². The van der Waals surface area contributed by atoms with Crippen molar-refractivity contribution in [1.82, 2.24) is 4.90 Å². The van der Waals surface area contributed by atoms with E-state index in [9.17, 15) is 10.1 Å². The van der Waals surface area contributed by atoms with Crippen LogP contribution >= 0.6 is 12.4 Å². The largest absolute Gasteiger partial charge is 0.486 e. The van der Waals surface area contributed by atoms with Crippen LogP contribution in [0.3, 0.4) is 0 Å². The Kier molecular flexibility index (Phi) is 7.00. The van der Waals surface area contributed by atoms with Crippen molar-refractivity contribution in [3.63, 3.8) is 0 Å². The molecule has 0 atom stereocenters. The molecule has 0 aliphatic carbocycles. The topological polar surface area (TPSA) is 64.8 Å². The van der Waals surface area contributed by atoms with Gasteiger partial charge in [0.15, 0.2) is 11.5 Å². The van der Waals surface area contributed by atoms with Gasteiger partial charge in [-0.3, -0.25) is 15.0 Å². The Morgan fingerprint density at radius 1 is 1.12 bits per heavy atom. The predicted octanol–water partition coefficient (Wildman–Crippen LogP) is 3.93. The molecule has 26 heavy (non-hydrogen) atoms. The van der Waals surface area contributed by atoms with Gasteiger partial charge in [-0.15, -0.1) is 12.4 Å². The molecule has 1 aliphatic rings. The standard InChI is InChI=1S/C19H20N2O4.ClH/c1-20(10-2-3-15-4-7-17(8-5-15)21(22)23)14-16-6-9-18-19(13-16)25-12-11-24-18;/h2-9,13H,10-12,14H2,1H3;1H/b3-2+;. The zero-order chi connectivity index (χ0) is 17.6. The average Bonchev–Trinajstić information content (AvgIpc) is 2.62. The van der Waals surface area contributed by atoms with Crippen LogP contribution < -0.4 is 9.47 Å². The Hall–Kier alpha value is -2.57. The summed E-state index contributed by atoms with van der Waals surface area (Å²) in [5, 5.41) is 10.6. The SMILES string of the molecule is CN(C/C=C/c1ccc([N+](=O)[O-])cc1)Cc1ccc2c(c1)OCCO2.Cl. The molecule has 6 nitrogen and oxygen atoms in total. The molecule has 0 saturated heterocycles. The molecule has 0 aromatic heterocycles. The van der Waals surface area contributed by atoms with Crippen molar-refractivity contribution in [3.05, 3.63) is 69.8 Å². The van der Waals surface area contributed by atoms with Crippen LogP contribution in [-0.2, 0) is 6.54 Å². The van der Waals surface area contributed by atoms with Gasteiger partial charge in [0.2, 0.25) is 0 Å². The van der Waals surface area contributed by atoms with Gasteiger partial charge in [0.05, 0.1) is 4.92 Å². The van der Waals surface area contributed by atoms with Gasteiger partial charge in [-0.25, -0.2) is 0 Å². The van der Waals surface area contributed by atoms with Crippen LogP contribution in [0.4, 0.5) is 5.69 Å². The second-order valence-corrected chi connectivity index (χ2v) is 5.93. The fraction of sp³-hybridized carbons (Fsp3) is 0.263. The van der Waals surface area contributed by atoms with Crippen molar-refractivity contribution >= 4 is 24.2 Å². The molecule has 0 N–H and O–H groups in total. The van der Waals surface area contributed by atoms with Crippen molar-refractivity contribution in [3.8, 4) is 11.5 Å². The number of likely N-dealkylation sites (N-methyl/N-ethyl adjacent to an activating group) is 1. The number of halogens is 1. The van der Waals surface area contributed by atoms with Gasteiger partial charge in [-0.05, 0) is 42.4 Å². The number of nitro benzene ring substituents is 1. The van der Waals surface area contributed by atoms with Crippen LogP contribution in [0.5, 0.6) is 11.5 Å². The van der Waals surface area contributed by atoms with Crippen LogP contribution in [0.1, 0.15) is 11.1 Å². The Balaban J connectivity index is 0.00000243. The minimum atomic E-state index is -0.394. The third kappa shape index (κ3) is 5.21. The highest BCUT2D eigenvalue weighted by atomic mass is 35.5. The molecule has 0 radical (unpaired) electrons. The number of nitro groups is 1. The Morgan fingerprint density at radius 2 is 1.81 bits per heavy atom. The molecule has 0 fully saturated rings. The molecule has 1 aliphatic heterocycles. The fourth-order valence-corrected chi connectivity index (χ4v) is 2.64. The highest BCUT2D eigenvalue weighted by Gasteiger charge is 2.12. The minimum absolute atomic E-state index is 0. The number of hydrogen-bond acceptors (Lipinski definition) is 5. The quantitative estimate of drug-likeness (QED) is 0.564. The first-order chi connectivity index (χ1) is 12.1. The molecule has 0 spiro atoms. The van der Waals surface area contributed by atoms with Gasteiger partial charge in [0.25, 0.3) is 5.69 Å². The van der Waals surface area contributed by atoms with Crippen molar-refractivity contribution in [2.75, 3.05) is 26.8 Å². The first-order valence-corrected chi connectivity index (χ1v) is 8.10. The van der Waals surface area contributed by atoms with Crippen LogP contribution in [0.2, 0.25) is 0 Å². The van der Waals surface area contributed by atoms with Crippen LogP contribution in [0.25, 0.3) is 6.08 Å². The maximum atomic E-state index is 10.6. The highest BCUT2D eigenvalue weighted by molar-refractivity contribution is 5.85. The lowest BCUT2D eigenvalue weighted by atomic mass is 10.1. The summed E-state index contributed by atoms with van der Waals surface area (Å²) in [6.07, 6.45) is 4.00. The maximum Gasteiger partial charge on any atom is 0.269 e. The minimum Gasteiger partial charge on any atom is -0.486 e. The number of nitrogens with zero attached hydrogens (tertiary/aromatic N) is 2. The maximum absolute atomic E-state index is 10.6. The predicted molar refractivity (Wildman–Crippen MR) is 103 cm³/mol. The molecule has 2 aromatic rings. The van der Waals surface area contributed by atoms with E-state index in [4.69, 9.17) is 9.47 Å². The average molecular weight is 377 g/mol. The van der Waals surface area contributed by atoms with E-state index >= 15 is 0 Å². The van der Waals surface area contributed by atoms with Crippen molar-refractivity contribution < 1.29 is 14.4 Å². The van der Waals surface area contributed by atoms with E-state index in [1.165, 1.54) is 12.1 Å². The normalized spacial score (nSPS) is 12.8. The molecule has 0 saturated carbocycles. The monoisotopic (exact) mass is 376 g/mol. The Morgan fingerprint density at radius 3 is 2.50 bits per heavy atom. The molecule has 138 valence electrons. The summed E-state index contributed by atoms with van der Waals surface area (Å²) in [6, 6.07) is 12.5. The fourth-order valence-electron chi connectivity index (χ4n) is 2.64. The van der Waals surface area contributed by atoms with E-state index in [2.05, 4.69) is 4.90 Å². The summed E-state index contributed by atoms with van der Waals surface area (Å²) < 4.78 is 11.1. The van der Waals surface area contributed by atoms with Gasteiger partial charge in [0, 0.05) is 25.2 Å². The molecule has 0 amide bonds. The number of hydrogen-bond donors (Lipinski definition) is 0. The zero-order valence-electron chi connectivity index (χ0n) is 14.5. The van der Waals surface area contributed by atoms with Gasteiger partial charge in [0.1, 0.15) is 13.2 Å². The summed E-state index contributed by atoms with van der Waals surface area (Å²) in [7, 11) is 2.04. The van der Waals surface area contributed by atoms with Crippen molar-refractivity contribution in [2.24, 2.45) is 0 Å². The number of benzene rings is 2. The molecule has 2 aromatic carbocycles. The molecule has 7 heteroatoms. The summed E-state index contributed by atoms with van der Waals surface area (Å²) in [4.78, 5) is 12.4. The van der Waals surface area contributed by atoms with Crippen LogP contribution in [0, 0.1) is 10.1 Å². The summed E-state index contributed by atoms with van der Waals surface area (Å²) in [5.74, 6) is 1.61. The summed E-state index contributed by atoms with van der Waals surface area (Å²) >= 11 is 0. The zero-order valence-corrected chi connectivity index (χ0v) is 15.3. The third-order valence-corrected chi connectivity index (χ3v) is 3.89. The van der Waals surface area contributed by atoms with Crippen molar-refractivity contribution in [1.29, 1.82) is 0 Å². The lowest BCUT2D eigenvalue weighted by molar-refractivity contribution is -0.384. The Labute approximate surface area is 158 Å². The van der Waals surface area contributed by atoms with E-state index < -0.39 is 4.92 Å². The number of rotatable bonds is 6. The smallest absolute Gasteiger partial charge is 0.269 e. The third-order valence-electron chi connectivity index (χ3n) is 3.89. The van der Waals surface area contributed by atoms with Crippen LogP contribution in [0.15, 0.2) is 48.5 Å². The second-order valence-electron chi connectivity index (χ2n) is 5.93. The van der Waals surface area contributed by atoms with Gasteiger partial charge in [-0.1, -0.05) is 18.2 Å². The molecule has 0 bridgehead atoms. The number of non-ortho nitro benzene ring substituents is 1. The van der Waals surface area contributed by atoms with Gasteiger partial charge in [-0.2, -0.15) is 0 Å². The highest BCUT2D eigenvalue weighted by Crippen LogP contribution is 2.31. The Bertz CT molecular complexity index is 778. The number of fused-ring (bicyclic) bond motifs is 1. The van der Waals surface area contributed by atoms with Crippen molar-refractivity contribution in [2.45, 2.75) is 6.54 Å². The lowest BCUT2D eigenvalue weighted by Gasteiger charge is -2.20. The molecule has 0 unspecified atom stereocenters. The van der Waals surface area contributed by atoms with E-state index in [-0.39, 0.29) is 18.1 Å².